The van der Waals surface area contributed by atoms with Crippen molar-refractivity contribution >= 4 is 46.4 Å². The Morgan fingerprint density at radius 2 is 2.03 bits per heavy atom. The van der Waals surface area contributed by atoms with Crippen LogP contribution in [0, 0.1) is 6.92 Å². The van der Waals surface area contributed by atoms with Crippen LogP contribution in [0.15, 0.2) is 59.2 Å². The van der Waals surface area contributed by atoms with E-state index in [0.29, 0.717) is 24.5 Å². The number of urea groups is 1. The number of thiocarbonyl (C=S) groups is 1. The zero-order valence-corrected chi connectivity index (χ0v) is 23.1. The molecule has 1 atom stereocenters. The van der Waals surface area contributed by atoms with Crippen LogP contribution in [-0.4, -0.2) is 72.8 Å². The number of amides is 3. The summed E-state index contributed by atoms with van der Waals surface area (Å²) in [5, 5.41) is 6.32. The van der Waals surface area contributed by atoms with Crippen molar-refractivity contribution in [3.05, 3.63) is 70.9 Å². The summed E-state index contributed by atoms with van der Waals surface area (Å²) in [5.41, 5.74) is 10.6. The van der Waals surface area contributed by atoms with Crippen LogP contribution in [-0.2, 0) is 6.54 Å². The highest BCUT2D eigenvalue weighted by Crippen LogP contribution is 2.31. The molecule has 0 bridgehead atoms. The van der Waals surface area contributed by atoms with Gasteiger partial charge in [-0.25, -0.2) is 4.79 Å². The number of aryl methyl sites for hydroxylation is 1. The standard InChI is InChI=1S/C28H35N7O2S/c1-18-14-19(11-12-20(18)16-31-28(37)34-13-7-10-24(34)27(38)33(3)4)26(36)35-17-21(15-29)25(30-2)32-22-8-5-6-9-23(22)35/h5-6,8-9,11-12,14-15,24H,7,10,13,16-17,29H2,1-4H3,(H,30,32)(H,31,37)/b21-15-. The Hall–Kier alpha value is -3.92. The van der Waals surface area contributed by atoms with Gasteiger partial charge in [-0.15, -0.1) is 0 Å². The van der Waals surface area contributed by atoms with Gasteiger partial charge in [-0.1, -0.05) is 30.4 Å². The maximum Gasteiger partial charge on any atom is 0.318 e. The van der Waals surface area contributed by atoms with E-state index >= 15 is 0 Å². The molecule has 38 heavy (non-hydrogen) atoms. The third kappa shape index (κ3) is 5.50. The molecular formula is C28H35N7O2S. The number of nitrogens with two attached hydrogens (primary N) is 1. The Bertz CT molecular complexity index is 1300. The van der Waals surface area contributed by atoms with Crippen LogP contribution in [0.5, 0.6) is 0 Å². The van der Waals surface area contributed by atoms with E-state index in [0.717, 1.165) is 45.9 Å². The summed E-state index contributed by atoms with van der Waals surface area (Å²) in [7, 11) is 5.51. The van der Waals surface area contributed by atoms with E-state index in [-0.39, 0.29) is 24.5 Å². The number of hydrogen-bond acceptors (Lipinski definition) is 5. The molecule has 4 rings (SSSR count). The quantitative estimate of drug-likeness (QED) is 0.520. The van der Waals surface area contributed by atoms with Crippen molar-refractivity contribution < 1.29 is 9.59 Å². The van der Waals surface area contributed by atoms with Gasteiger partial charge in [0.2, 0.25) is 0 Å². The normalized spacial score (nSPS) is 19.1. The van der Waals surface area contributed by atoms with E-state index in [9.17, 15) is 9.59 Å². The lowest BCUT2D eigenvalue weighted by molar-refractivity contribution is 0.0989. The van der Waals surface area contributed by atoms with Crippen LogP contribution in [0.25, 0.3) is 0 Å². The van der Waals surface area contributed by atoms with Crippen LogP contribution in [0.3, 0.4) is 0 Å². The molecule has 2 aromatic carbocycles. The fraction of sp³-hybridized carbons (Fsp3) is 0.357. The highest BCUT2D eigenvalue weighted by Gasteiger charge is 2.32. The number of likely N-dealkylation sites (N-methyl/N-ethyl adjacent to an activating group) is 1. The van der Waals surface area contributed by atoms with E-state index in [2.05, 4.69) is 15.6 Å². The first-order valence-corrected chi connectivity index (χ1v) is 13.1. The van der Waals surface area contributed by atoms with Gasteiger partial charge in [-0.05, 0) is 55.2 Å². The molecule has 2 aromatic rings. The third-order valence-corrected chi connectivity index (χ3v) is 7.65. The second-order valence-corrected chi connectivity index (χ2v) is 10.1. The number of anilines is 2. The molecule has 0 aromatic heterocycles. The Morgan fingerprint density at radius 3 is 2.71 bits per heavy atom. The van der Waals surface area contributed by atoms with Crippen LogP contribution >= 0.6 is 12.2 Å². The van der Waals surface area contributed by atoms with Crippen molar-refractivity contribution in [3.8, 4) is 0 Å². The molecule has 10 heteroatoms. The van der Waals surface area contributed by atoms with Crippen molar-refractivity contribution in [2.75, 3.05) is 44.4 Å². The Labute approximate surface area is 229 Å². The maximum atomic E-state index is 13.7. The molecule has 1 unspecified atom stereocenters. The fourth-order valence-electron chi connectivity index (χ4n) is 4.89. The number of amidine groups is 1. The van der Waals surface area contributed by atoms with Crippen LogP contribution in [0.2, 0.25) is 0 Å². The first-order chi connectivity index (χ1) is 18.2. The molecule has 0 aliphatic carbocycles. The van der Waals surface area contributed by atoms with E-state index < -0.39 is 0 Å². The van der Waals surface area contributed by atoms with Gasteiger partial charge in [0.15, 0.2) is 0 Å². The summed E-state index contributed by atoms with van der Waals surface area (Å²) in [6, 6.07) is 13.0. The summed E-state index contributed by atoms with van der Waals surface area (Å²) in [4.78, 5) is 37.2. The van der Waals surface area contributed by atoms with Gasteiger partial charge in [-0.3, -0.25) is 9.79 Å². The number of rotatable bonds is 4. The Kier molecular flexibility index (Phi) is 8.31. The van der Waals surface area contributed by atoms with E-state index in [1.54, 1.807) is 18.0 Å². The van der Waals surface area contributed by atoms with Gasteiger partial charge < -0.3 is 31.1 Å². The van der Waals surface area contributed by atoms with Crippen molar-refractivity contribution in [1.82, 2.24) is 15.1 Å². The molecule has 0 saturated carbocycles. The lowest BCUT2D eigenvalue weighted by Crippen LogP contribution is -2.48. The first-order valence-electron chi connectivity index (χ1n) is 12.7. The Balaban J connectivity index is 1.50. The molecule has 0 spiro atoms. The monoisotopic (exact) mass is 533 g/mol. The number of likely N-dealkylation sites (tertiary alicyclic amines) is 1. The molecular weight excluding hydrogens is 498 g/mol. The summed E-state index contributed by atoms with van der Waals surface area (Å²) >= 11 is 5.53. The second-order valence-electron chi connectivity index (χ2n) is 9.68. The SMILES string of the molecule is CN=C1Nc2ccccc2N(C(=O)c2ccc(CNC(=O)N3CCCC3C(=S)N(C)C)c(C)c2)C/C1=C/N. The highest BCUT2D eigenvalue weighted by molar-refractivity contribution is 7.80. The van der Waals surface area contributed by atoms with Crippen molar-refractivity contribution in [1.29, 1.82) is 0 Å². The Morgan fingerprint density at radius 1 is 1.26 bits per heavy atom. The summed E-state index contributed by atoms with van der Waals surface area (Å²) < 4.78 is 0. The minimum Gasteiger partial charge on any atom is -0.404 e. The van der Waals surface area contributed by atoms with Gasteiger partial charge in [0.05, 0.1) is 24.0 Å². The average molecular weight is 534 g/mol. The smallest absolute Gasteiger partial charge is 0.318 e. The number of hydrogen-bond donors (Lipinski definition) is 3. The van der Waals surface area contributed by atoms with E-state index in [1.165, 1.54) is 6.20 Å². The van der Waals surface area contributed by atoms with Gasteiger partial charge >= 0.3 is 6.03 Å². The number of para-hydroxylation sites is 2. The number of nitrogens with one attached hydrogen (secondary N) is 2. The fourth-order valence-corrected chi connectivity index (χ4v) is 5.13. The molecule has 2 aliphatic heterocycles. The van der Waals surface area contributed by atoms with Gasteiger partial charge in [-0.2, -0.15) is 0 Å². The number of aliphatic imine (C=N–C) groups is 1. The molecule has 9 nitrogen and oxygen atoms in total. The minimum absolute atomic E-state index is 0.0576. The largest absolute Gasteiger partial charge is 0.404 e. The lowest BCUT2D eigenvalue weighted by Gasteiger charge is -2.28. The first kappa shape index (κ1) is 27.1. The highest BCUT2D eigenvalue weighted by atomic mass is 32.1. The molecule has 1 fully saturated rings. The maximum absolute atomic E-state index is 13.7. The number of benzene rings is 2. The van der Waals surface area contributed by atoms with Gasteiger partial charge in [0.1, 0.15) is 10.8 Å². The summed E-state index contributed by atoms with van der Waals surface area (Å²) in [5.74, 6) is 0.482. The van der Waals surface area contributed by atoms with Gasteiger partial charge in [0, 0.05) is 51.6 Å². The number of carbonyl (C=O) groups excluding carboxylic acids is 2. The number of fused-ring (bicyclic) bond motifs is 1. The molecule has 2 aliphatic rings. The molecule has 0 radical (unpaired) electrons. The second kappa shape index (κ2) is 11.6. The van der Waals surface area contributed by atoms with E-state index in [4.69, 9.17) is 18.0 Å². The topological polar surface area (TPSA) is 106 Å². The van der Waals surface area contributed by atoms with Crippen LogP contribution in [0.1, 0.15) is 34.3 Å². The van der Waals surface area contributed by atoms with Crippen molar-refractivity contribution in [2.24, 2.45) is 10.7 Å². The predicted molar refractivity (Wildman–Crippen MR) is 157 cm³/mol. The summed E-state index contributed by atoms with van der Waals surface area (Å²) in [6.45, 7) is 3.29. The zero-order chi connectivity index (χ0) is 27.4. The molecule has 3 amide bonds. The van der Waals surface area contributed by atoms with Crippen LogP contribution in [0.4, 0.5) is 16.2 Å². The zero-order valence-electron chi connectivity index (χ0n) is 22.3. The van der Waals surface area contributed by atoms with Crippen molar-refractivity contribution in [2.45, 2.75) is 32.4 Å². The molecule has 4 N–H and O–H groups in total. The van der Waals surface area contributed by atoms with Crippen molar-refractivity contribution in [3.63, 3.8) is 0 Å². The van der Waals surface area contributed by atoms with E-state index in [1.807, 2.05) is 67.2 Å². The van der Waals surface area contributed by atoms with Gasteiger partial charge in [0.25, 0.3) is 5.91 Å². The molecule has 200 valence electrons. The third-order valence-electron chi connectivity index (χ3n) is 7.01. The van der Waals surface area contributed by atoms with Crippen LogP contribution < -0.4 is 21.3 Å². The number of carbonyl (C=O) groups is 2. The molecule has 1 saturated heterocycles. The molecule has 2 heterocycles. The lowest BCUT2D eigenvalue weighted by atomic mass is 10.0. The predicted octanol–water partition coefficient (Wildman–Crippen LogP) is 3.50. The minimum atomic E-state index is -0.147. The summed E-state index contributed by atoms with van der Waals surface area (Å²) in [6.07, 6.45) is 3.29. The average Bonchev–Trinajstić information content (AvgIpc) is 3.35. The number of nitrogens with zero attached hydrogens (tertiary/aromatic N) is 4.